The molecule has 0 aliphatic carbocycles. The SMILES string of the molecule is O=C([O-])Nc1ccc(Cl)c(C(F)(F)F)c1. The van der Waals surface area contributed by atoms with Crippen molar-refractivity contribution in [2.24, 2.45) is 0 Å². The lowest BCUT2D eigenvalue weighted by Crippen LogP contribution is -2.28. The maximum Gasteiger partial charge on any atom is 0.417 e. The number of anilines is 1. The first-order chi connectivity index (χ1) is 6.80. The fraction of sp³-hybridized carbons (Fsp3) is 0.125. The van der Waals surface area contributed by atoms with Crippen LogP contribution in [0.5, 0.6) is 0 Å². The molecule has 0 saturated carbocycles. The zero-order valence-corrected chi connectivity index (χ0v) is 7.82. The molecule has 0 aliphatic rings. The second kappa shape index (κ2) is 3.98. The van der Waals surface area contributed by atoms with Gasteiger partial charge in [-0.25, -0.2) is 0 Å². The van der Waals surface area contributed by atoms with Gasteiger partial charge in [-0.2, -0.15) is 13.2 Å². The first-order valence-corrected chi connectivity index (χ1v) is 4.03. The molecular weight excluding hydrogens is 235 g/mol. The molecule has 0 saturated heterocycles. The molecular formula is C8H4ClF3NO2-. The number of carbonyl (C=O) groups excluding carboxylic acids is 1. The first kappa shape index (κ1) is 11.6. The summed E-state index contributed by atoms with van der Waals surface area (Å²) in [4.78, 5) is 10.1. The van der Waals surface area contributed by atoms with Gasteiger partial charge in [-0.15, -0.1) is 0 Å². The van der Waals surface area contributed by atoms with Crippen LogP contribution in [0, 0.1) is 0 Å². The number of alkyl halides is 3. The zero-order chi connectivity index (χ0) is 11.6. The molecule has 0 atom stereocenters. The average Bonchev–Trinajstić information content (AvgIpc) is 2.05. The van der Waals surface area contributed by atoms with Gasteiger partial charge in [0.05, 0.1) is 10.6 Å². The predicted molar refractivity (Wildman–Crippen MR) is 45.5 cm³/mol. The molecule has 82 valence electrons. The van der Waals surface area contributed by atoms with Crippen molar-refractivity contribution in [3.8, 4) is 0 Å². The molecule has 0 aliphatic heterocycles. The van der Waals surface area contributed by atoms with Crippen molar-refractivity contribution < 1.29 is 23.1 Å². The van der Waals surface area contributed by atoms with Crippen molar-refractivity contribution in [1.82, 2.24) is 0 Å². The van der Waals surface area contributed by atoms with E-state index in [1.54, 1.807) is 5.32 Å². The van der Waals surface area contributed by atoms with Gasteiger partial charge < -0.3 is 15.2 Å². The van der Waals surface area contributed by atoms with Crippen molar-refractivity contribution >= 4 is 23.4 Å². The van der Waals surface area contributed by atoms with Gasteiger partial charge in [0.25, 0.3) is 0 Å². The van der Waals surface area contributed by atoms with Gasteiger partial charge in [0.1, 0.15) is 6.09 Å². The third-order valence-corrected chi connectivity index (χ3v) is 1.85. The lowest BCUT2D eigenvalue weighted by atomic mass is 10.2. The predicted octanol–water partition coefficient (Wildman–Crippen LogP) is 2.11. The molecule has 0 fully saturated rings. The van der Waals surface area contributed by atoms with E-state index in [-0.39, 0.29) is 5.69 Å². The van der Waals surface area contributed by atoms with E-state index in [0.717, 1.165) is 12.1 Å². The van der Waals surface area contributed by atoms with Crippen molar-refractivity contribution in [3.05, 3.63) is 28.8 Å². The second-order valence-corrected chi connectivity index (χ2v) is 3.01. The monoisotopic (exact) mass is 238 g/mol. The molecule has 0 spiro atoms. The number of nitrogens with one attached hydrogen (secondary N) is 1. The summed E-state index contributed by atoms with van der Waals surface area (Å²) in [6.45, 7) is 0. The normalized spacial score (nSPS) is 11.2. The topological polar surface area (TPSA) is 52.2 Å². The Morgan fingerprint density at radius 2 is 2.00 bits per heavy atom. The maximum absolute atomic E-state index is 12.3. The molecule has 3 nitrogen and oxygen atoms in total. The molecule has 1 aromatic rings. The quantitative estimate of drug-likeness (QED) is 0.815. The summed E-state index contributed by atoms with van der Waals surface area (Å²) in [7, 11) is 0. The van der Waals surface area contributed by atoms with Crippen molar-refractivity contribution in [1.29, 1.82) is 0 Å². The third-order valence-electron chi connectivity index (χ3n) is 1.52. The second-order valence-electron chi connectivity index (χ2n) is 2.60. The highest BCUT2D eigenvalue weighted by Crippen LogP contribution is 2.36. The van der Waals surface area contributed by atoms with Gasteiger partial charge in [-0.1, -0.05) is 11.6 Å². The largest absolute Gasteiger partial charge is 0.530 e. The van der Waals surface area contributed by atoms with E-state index >= 15 is 0 Å². The number of rotatable bonds is 1. The summed E-state index contributed by atoms with van der Waals surface area (Å²) in [5, 5.41) is 11.3. The lowest BCUT2D eigenvalue weighted by Gasteiger charge is -2.12. The highest BCUT2D eigenvalue weighted by atomic mass is 35.5. The van der Waals surface area contributed by atoms with Crippen molar-refractivity contribution in [2.75, 3.05) is 5.32 Å². The Bertz CT molecular complexity index is 392. The summed E-state index contributed by atoms with van der Waals surface area (Å²) in [6, 6.07) is 2.65. The van der Waals surface area contributed by atoms with Crippen LogP contribution in [0.1, 0.15) is 5.56 Å². The van der Waals surface area contributed by atoms with Crippen LogP contribution in [0.3, 0.4) is 0 Å². The van der Waals surface area contributed by atoms with Crippen LogP contribution in [-0.4, -0.2) is 6.09 Å². The molecule has 1 rings (SSSR count). The Morgan fingerprint density at radius 1 is 1.40 bits per heavy atom. The summed E-state index contributed by atoms with van der Waals surface area (Å²) in [5.41, 5.74) is -1.35. The Morgan fingerprint density at radius 3 is 2.47 bits per heavy atom. The summed E-state index contributed by atoms with van der Waals surface area (Å²) in [6.07, 6.45) is -6.31. The molecule has 0 aromatic heterocycles. The molecule has 1 amide bonds. The Balaban J connectivity index is 3.11. The zero-order valence-electron chi connectivity index (χ0n) is 7.06. The lowest BCUT2D eigenvalue weighted by molar-refractivity contribution is -0.242. The van der Waals surface area contributed by atoms with Gasteiger partial charge in [0.2, 0.25) is 0 Å². The van der Waals surface area contributed by atoms with E-state index in [2.05, 4.69) is 0 Å². The Labute approximate surface area is 87.5 Å². The van der Waals surface area contributed by atoms with Crippen LogP contribution in [0.25, 0.3) is 0 Å². The number of hydrogen-bond donors (Lipinski definition) is 1. The highest BCUT2D eigenvalue weighted by molar-refractivity contribution is 6.31. The number of halogens is 4. The molecule has 15 heavy (non-hydrogen) atoms. The minimum atomic E-state index is -4.62. The van der Waals surface area contributed by atoms with Crippen molar-refractivity contribution in [3.63, 3.8) is 0 Å². The fourth-order valence-electron chi connectivity index (χ4n) is 0.938. The Kier molecular flexibility index (Phi) is 3.09. The van der Waals surface area contributed by atoms with E-state index in [4.69, 9.17) is 11.6 Å². The fourth-order valence-corrected chi connectivity index (χ4v) is 1.16. The first-order valence-electron chi connectivity index (χ1n) is 3.65. The van der Waals surface area contributed by atoms with E-state index in [1.165, 1.54) is 0 Å². The standard InChI is InChI=1S/C8H5ClF3NO2/c9-6-2-1-4(13-7(14)15)3-5(6)8(10,11)12/h1-3,13H,(H,14,15)/p-1. The average molecular weight is 239 g/mol. The van der Waals surface area contributed by atoms with Gasteiger partial charge in [-0.3, -0.25) is 0 Å². The molecule has 0 bridgehead atoms. The van der Waals surface area contributed by atoms with Crippen LogP contribution < -0.4 is 10.4 Å². The number of carbonyl (C=O) groups is 1. The van der Waals surface area contributed by atoms with Crippen LogP contribution in [0.4, 0.5) is 23.7 Å². The highest BCUT2D eigenvalue weighted by Gasteiger charge is 2.33. The Hall–Kier alpha value is -1.43. The minimum Gasteiger partial charge on any atom is -0.530 e. The number of carboxylic acid groups (broad SMARTS) is 1. The van der Waals surface area contributed by atoms with E-state index < -0.39 is 22.9 Å². The van der Waals surface area contributed by atoms with Crippen LogP contribution in [0.15, 0.2) is 18.2 Å². The van der Waals surface area contributed by atoms with Gasteiger partial charge >= 0.3 is 6.18 Å². The number of amides is 1. The number of hydrogen-bond acceptors (Lipinski definition) is 2. The maximum atomic E-state index is 12.3. The molecule has 0 radical (unpaired) electrons. The van der Waals surface area contributed by atoms with Gasteiger partial charge in [-0.05, 0) is 18.2 Å². The van der Waals surface area contributed by atoms with Gasteiger partial charge in [0.15, 0.2) is 0 Å². The summed E-state index contributed by atoms with van der Waals surface area (Å²) < 4.78 is 36.9. The van der Waals surface area contributed by atoms with Crippen molar-refractivity contribution in [2.45, 2.75) is 6.18 Å². The number of benzene rings is 1. The van der Waals surface area contributed by atoms with E-state index in [1.807, 2.05) is 0 Å². The molecule has 0 unspecified atom stereocenters. The van der Waals surface area contributed by atoms with E-state index in [0.29, 0.717) is 6.07 Å². The summed E-state index contributed by atoms with van der Waals surface area (Å²) >= 11 is 5.31. The summed E-state index contributed by atoms with van der Waals surface area (Å²) in [5.74, 6) is 0. The molecule has 1 N–H and O–H groups in total. The van der Waals surface area contributed by atoms with E-state index in [9.17, 15) is 23.1 Å². The van der Waals surface area contributed by atoms with Gasteiger partial charge in [0, 0.05) is 5.69 Å². The molecule has 1 aromatic carbocycles. The molecule has 7 heteroatoms. The molecule has 0 heterocycles. The van der Waals surface area contributed by atoms with Crippen LogP contribution in [0.2, 0.25) is 5.02 Å². The van der Waals surface area contributed by atoms with Crippen LogP contribution in [-0.2, 0) is 6.18 Å². The van der Waals surface area contributed by atoms with Crippen LogP contribution >= 0.6 is 11.6 Å². The smallest absolute Gasteiger partial charge is 0.417 e. The minimum absolute atomic E-state index is 0.244. The third kappa shape index (κ3) is 3.02.